The predicted molar refractivity (Wildman–Crippen MR) is 50.9 cm³/mol. The van der Waals surface area contributed by atoms with E-state index in [1.165, 1.54) is 18.2 Å². The van der Waals surface area contributed by atoms with Crippen LogP contribution in [-0.4, -0.2) is 26.3 Å². The first-order valence-electron chi connectivity index (χ1n) is 3.86. The average molecular weight is 230 g/mol. The van der Waals surface area contributed by atoms with E-state index >= 15 is 0 Å². The Hall–Kier alpha value is -1.63. The summed E-state index contributed by atoms with van der Waals surface area (Å²) in [5, 5.41) is 10.1. The third kappa shape index (κ3) is 3.21. The fourth-order valence-corrected chi connectivity index (χ4v) is 1.71. The first-order chi connectivity index (χ1) is 6.91. The standard InChI is InChI=1S/C8H8NO5S/c1-15(12,13)8-5-3-2-4-7(8)14-6-9(10)11/h2-4H,6H2,1H3. The summed E-state index contributed by atoms with van der Waals surface area (Å²) in [6, 6.07) is 6.70. The topological polar surface area (TPSA) is 86.5 Å². The maximum atomic E-state index is 11.2. The van der Waals surface area contributed by atoms with Gasteiger partial charge in [-0.3, -0.25) is 10.1 Å². The van der Waals surface area contributed by atoms with Gasteiger partial charge in [0.25, 0.3) is 0 Å². The van der Waals surface area contributed by atoms with Crippen molar-refractivity contribution in [3.05, 3.63) is 34.4 Å². The van der Waals surface area contributed by atoms with E-state index in [4.69, 9.17) is 4.74 Å². The molecule has 0 spiro atoms. The van der Waals surface area contributed by atoms with E-state index in [1.807, 2.05) is 0 Å². The van der Waals surface area contributed by atoms with Crippen molar-refractivity contribution in [1.29, 1.82) is 0 Å². The van der Waals surface area contributed by atoms with E-state index in [0.717, 1.165) is 6.26 Å². The summed E-state index contributed by atoms with van der Waals surface area (Å²) in [6.07, 6.45) is 0.984. The van der Waals surface area contributed by atoms with Gasteiger partial charge in [0.2, 0.25) is 0 Å². The third-order valence-corrected chi connectivity index (χ3v) is 2.54. The number of sulfone groups is 1. The van der Waals surface area contributed by atoms with Crippen molar-refractivity contribution >= 4 is 9.84 Å². The molecule has 81 valence electrons. The molecule has 0 aliphatic carbocycles. The number of ether oxygens (including phenoxy) is 1. The second-order valence-electron chi connectivity index (χ2n) is 2.74. The molecule has 0 amide bonds. The van der Waals surface area contributed by atoms with Crippen molar-refractivity contribution in [3.63, 3.8) is 0 Å². The summed E-state index contributed by atoms with van der Waals surface area (Å²) >= 11 is 0. The highest BCUT2D eigenvalue weighted by molar-refractivity contribution is 7.90. The molecule has 0 aromatic heterocycles. The third-order valence-electron chi connectivity index (χ3n) is 1.48. The summed E-state index contributed by atoms with van der Waals surface area (Å²) in [5.74, 6) is -0.0586. The van der Waals surface area contributed by atoms with Gasteiger partial charge in [0.05, 0.1) is 4.92 Å². The van der Waals surface area contributed by atoms with Gasteiger partial charge < -0.3 is 4.74 Å². The molecule has 6 nitrogen and oxygen atoms in total. The molecule has 0 N–H and O–H groups in total. The highest BCUT2D eigenvalue weighted by Crippen LogP contribution is 2.22. The van der Waals surface area contributed by atoms with E-state index in [9.17, 15) is 18.5 Å². The lowest BCUT2D eigenvalue weighted by Crippen LogP contribution is -2.10. The molecule has 0 aliphatic heterocycles. The number of hydrogen-bond acceptors (Lipinski definition) is 5. The SMILES string of the molecule is CS(=O)(=O)c1[c]cccc1OC[N+](=O)[O-]. The van der Waals surface area contributed by atoms with Crippen LogP contribution >= 0.6 is 0 Å². The number of benzene rings is 1. The van der Waals surface area contributed by atoms with Gasteiger partial charge in [0.15, 0.2) is 9.84 Å². The molecule has 7 heteroatoms. The lowest BCUT2D eigenvalue weighted by Gasteiger charge is -2.05. The normalized spacial score (nSPS) is 11.0. The van der Waals surface area contributed by atoms with Crippen molar-refractivity contribution in [2.75, 3.05) is 13.0 Å². The Morgan fingerprint density at radius 2 is 2.27 bits per heavy atom. The lowest BCUT2D eigenvalue weighted by atomic mass is 10.3. The zero-order valence-corrected chi connectivity index (χ0v) is 8.65. The molecule has 1 radical (unpaired) electrons. The molecule has 0 fully saturated rings. The Morgan fingerprint density at radius 3 is 2.80 bits per heavy atom. The second kappa shape index (κ2) is 4.26. The van der Waals surface area contributed by atoms with E-state index in [1.54, 1.807) is 0 Å². The zero-order valence-electron chi connectivity index (χ0n) is 7.84. The number of nitrogens with zero attached hydrogens (tertiary/aromatic N) is 1. The monoisotopic (exact) mass is 230 g/mol. The maximum Gasteiger partial charge on any atom is 0.344 e. The van der Waals surface area contributed by atoms with Gasteiger partial charge in [-0.15, -0.1) is 0 Å². The Labute approximate surface area is 86.6 Å². The molecule has 0 aliphatic rings. The van der Waals surface area contributed by atoms with Crippen LogP contribution in [0.1, 0.15) is 0 Å². The van der Waals surface area contributed by atoms with Crippen molar-refractivity contribution in [2.45, 2.75) is 4.90 Å². The van der Waals surface area contributed by atoms with Crippen LogP contribution in [0, 0.1) is 16.2 Å². The Bertz CT molecular complexity index is 468. The van der Waals surface area contributed by atoms with Crippen molar-refractivity contribution in [1.82, 2.24) is 0 Å². The van der Waals surface area contributed by atoms with Crippen LogP contribution in [-0.2, 0) is 9.84 Å². The van der Waals surface area contributed by atoms with Crippen LogP contribution in [0.15, 0.2) is 23.1 Å². The number of hydrogen-bond donors (Lipinski definition) is 0. The number of rotatable bonds is 4. The van der Waals surface area contributed by atoms with Crippen LogP contribution in [0.2, 0.25) is 0 Å². The van der Waals surface area contributed by atoms with E-state index in [0.29, 0.717) is 0 Å². The van der Waals surface area contributed by atoms with Gasteiger partial charge in [0.1, 0.15) is 10.6 Å². The van der Waals surface area contributed by atoms with Crippen molar-refractivity contribution in [3.8, 4) is 5.75 Å². The molecule has 0 saturated heterocycles. The van der Waals surface area contributed by atoms with Gasteiger partial charge in [0, 0.05) is 12.3 Å². The van der Waals surface area contributed by atoms with E-state index in [2.05, 4.69) is 6.07 Å². The maximum absolute atomic E-state index is 11.2. The Morgan fingerprint density at radius 1 is 1.60 bits per heavy atom. The minimum atomic E-state index is -3.48. The second-order valence-corrected chi connectivity index (χ2v) is 4.69. The van der Waals surface area contributed by atoms with Gasteiger partial charge in [-0.2, -0.15) is 0 Å². The molecule has 1 rings (SSSR count). The lowest BCUT2D eigenvalue weighted by molar-refractivity contribution is -0.514. The molecule has 1 aromatic rings. The molecule has 1 aromatic carbocycles. The van der Waals surface area contributed by atoms with E-state index < -0.39 is 21.5 Å². The smallest absolute Gasteiger partial charge is 0.344 e. The molecule has 0 unspecified atom stereocenters. The van der Waals surface area contributed by atoms with E-state index in [-0.39, 0.29) is 10.6 Å². The molecule has 0 atom stereocenters. The molecular formula is C8H8NO5S. The molecular weight excluding hydrogens is 222 g/mol. The van der Waals surface area contributed by atoms with Crippen LogP contribution in [0.5, 0.6) is 5.75 Å². The average Bonchev–Trinajstić information content (AvgIpc) is 2.13. The van der Waals surface area contributed by atoms with Gasteiger partial charge in [-0.25, -0.2) is 8.42 Å². The highest BCUT2D eigenvalue weighted by Gasteiger charge is 2.15. The summed E-state index contributed by atoms with van der Waals surface area (Å²) in [4.78, 5) is 9.18. The summed E-state index contributed by atoms with van der Waals surface area (Å²) in [7, 11) is -3.48. The molecule has 0 heterocycles. The van der Waals surface area contributed by atoms with Gasteiger partial charge in [-0.1, -0.05) is 12.1 Å². The van der Waals surface area contributed by atoms with Gasteiger partial charge >= 0.3 is 6.73 Å². The fraction of sp³-hybridized carbons (Fsp3) is 0.250. The van der Waals surface area contributed by atoms with Crippen LogP contribution in [0.3, 0.4) is 0 Å². The van der Waals surface area contributed by atoms with Crippen molar-refractivity contribution in [2.24, 2.45) is 0 Å². The quantitative estimate of drug-likeness (QED) is 0.427. The fourth-order valence-electron chi connectivity index (χ4n) is 0.932. The van der Waals surface area contributed by atoms with Crippen LogP contribution in [0.4, 0.5) is 0 Å². The molecule has 15 heavy (non-hydrogen) atoms. The Kier molecular flexibility index (Phi) is 3.25. The summed E-state index contributed by atoms with van der Waals surface area (Å²) in [6.45, 7) is -0.777. The van der Waals surface area contributed by atoms with Crippen molar-refractivity contribution < 1.29 is 18.1 Å². The summed E-state index contributed by atoms with van der Waals surface area (Å²) < 4.78 is 27.2. The summed E-state index contributed by atoms with van der Waals surface area (Å²) in [5.41, 5.74) is 0. The number of nitro groups is 1. The minimum Gasteiger partial charge on any atom is -0.431 e. The zero-order chi connectivity index (χ0) is 11.5. The van der Waals surface area contributed by atoms with Gasteiger partial charge in [-0.05, 0) is 6.07 Å². The first kappa shape index (κ1) is 11.4. The first-order valence-corrected chi connectivity index (χ1v) is 5.76. The Balaban J connectivity index is 3.02. The minimum absolute atomic E-state index is 0.0586. The largest absolute Gasteiger partial charge is 0.431 e. The van der Waals surface area contributed by atoms with Crippen LogP contribution < -0.4 is 4.74 Å². The highest BCUT2D eigenvalue weighted by atomic mass is 32.2. The van der Waals surface area contributed by atoms with Crippen LogP contribution in [0.25, 0.3) is 0 Å². The molecule has 0 bridgehead atoms. The molecule has 0 saturated carbocycles. The predicted octanol–water partition coefficient (Wildman–Crippen LogP) is 0.503.